The quantitative estimate of drug-likeness (QED) is 0.397. The van der Waals surface area contributed by atoms with Gasteiger partial charge in [-0.2, -0.15) is 0 Å². The summed E-state index contributed by atoms with van der Waals surface area (Å²) in [6, 6.07) is 10.2. The number of halogens is 1. The SMILES string of the molecule is CCOC(=O)/C(CCc1ccc2cc(F)ccc2c1)=N/O. The van der Waals surface area contributed by atoms with Gasteiger partial charge >= 0.3 is 5.97 Å². The molecule has 0 saturated heterocycles. The highest BCUT2D eigenvalue weighted by Gasteiger charge is 2.13. The van der Waals surface area contributed by atoms with Gasteiger partial charge in [-0.15, -0.1) is 0 Å². The van der Waals surface area contributed by atoms with Crippen LogP contribution in [0.4, 0.5) is 4.39 Å². The number of hydrogen-bond donors (Lipinski definition) is 1. The van der Waals surface area contributed by atoms with Crippen molar-refractivity contribution in [1.29, 1.82) is 0 Å². The molecular weight excluding hydrogens is 273 g/mol. The van der Waals surface area contributed by atoms with Gasteiger partial charge in [0.25, 0.3) is 0 Å². The van der Waals surface area contributed by atoms with Crippen molar-refractivity contribution in [2.75, 3.05) is 6.61 Å². The molecule has 1 N–H and O–H groups in total. The van der Waals surface area contributed by atoms with Crippen molar-refractivity contribution in [1.82, 2.24) is 0 Å². The molecule has 0 aliphatic rings. The minimum atomic E-state index is -0.608. The number of aryl methyl sites for hydroxylation is 1. The van der Waals surface area contributed by atoms with Gasteiger partial charge in [-0.05, 0) is 41.8 Å². The number of benzene rings is 2. The van der Waals surface area contributed by atoms with Crippen molar-refractivity contribution in [2.24, 2.45) is 5.16 Å². The Hall–Kier alpha value is -2.43. The third kappa shape index (κ3) is 3.78. The number of esters is 1. The van der Waals surface area contributed by atoms with Gasteiger partial charge in [0.05, 0.1) is 6.61 Å². The molecule has 4 nitrogen and oxygen atoms in total. The van der Waals surface area contributed by atoms with Crippen LogP contribution in [-0.2, 0) is 16.0 Å². The molecule has 21 heavy (non-hydrogen) atoms. The van der Waals surface area contributed by atoms with Crippen LogP contribution in [0.5, 0.6) is 0 Å². The minimum absolute atomic E-state index is 0.00365. The molecule has 0 unspecified atom stereocenters. The second-order valence-corrected chi connectivity index (χ2v) is 4.59. The first-order valence-corrected chi connectivity index (χ1v) is 6.70. The fourth-order valence-corrected chi connectivity index (χ4v) is 2.09. The lowest BCUT2D eigenvalue weighted by molar-refractivity contribution is -0.135. The summed E-state index contributed by atoms with van der Waals surface area (Å²) >= 11 is 0. The first kappa shape index (κ1) is 15.0. The van der Waals surface area contributed by atoms with E-state index in [0.29, 0.717) is 6.42 Å². The average Bonchev–Trinajstić information content (AvgIpc) is 2.48. The standard InChI is InChI=1S/C16H16FNO3/c1-2-21-16(19)15(18-20)8-4-11-3-5-13-10-14(17)7-6-12(13)9-11/h3,5-7,9-10,20H,2,4,8H2,1H3/b18-15+. The molecular formula is C16H16FNO3. The zero-order valence-corrected chi connectivity index (χ0v) is 11.7. The smallest absolute Gasteiger partial charge is 0.356 e. The summed E-state index contributed by atoms with van der Waals surface area (Å²) in [5.74, 6) is -0.880. The number of nitrogens with zero attached hydrogens (tertiary/aromatic N) is 1. The Morgan fingerprint density at radius 2 is 1.95 bits per heavy atom. The van der Waals surface area contributed by atoms with Crippen LogP contribution >= 0.6 is 0 Å². The molecule has 0 heterocycles. The van der Waals surface area contributed by atoms with Crippen LogP contribution in [0.3, 0.4) is 0 Å². The molecule has 2 aromatic carbocycles. The highest BCUT2D eigenvalue weighted by molar-refractivity contribution is 6.36. The van der Waals surface area contributed by atoms with Crippen molar-refractivity contribution in [2.45, 2.75) is 19.8 Å². The zero-order chi connectivity index (χ0) is 15.2. The lowest BCUT2D eigenvalue weighted by Gasteiger charge is -2.06. The van der Waals surface area contributed by atoms with E-state index in [4.69, 9.17) is 9.94 Å². The Kier molecular flexibility index (Phi) is 4.87. The van der Waals surface area contributed by atoms with E-state index in [1.807, 2.05) is 18.2 Å². The summed E-state index contributed by atoms with van der Waals surface area (Å²) in [5, 5.41) is 13.6. The summed E-state index contributed by atoms with van der Waals surface area (Å²) < 4.78 is 17.9. The molecule has 0 aliphatic carbocycles. The molecule has 0 aliphatic heterocycles. The number of oxime groups is 1. The number of rotatable bonds is 5. The highest BCUT2D eigenvalue weighted by atomic mass is 19.1. The number of carbonyl (C=O) groups is 1. The Morgan fingerprint density at radius 3 is 2.67 bits per heavy atom. The summed E-state index contributed by atoms with van der Waals surface area (Å²) in [7, 11) is 0. The van der Waals surface area contributed by atoms with E-state index in [9.17, 15) is 9.18 Å². The topological polar surface area (TPSA) is 58.9 Å². The van der Waals surface area contributed by atoms with Crippen molar-refractivity contribution >= 4 is 22.5 Å². The summed E-state index contributed by atoms with van der Waals surface area (Å²) in [6.07, 6.45) is 0.813. The highest BCUT2D eigenvalue weighted by Crippen LogP contribution is 2.18. The van der Waals surface area contributed by atoms with Crippen LogP contribution in [0.2, 0.25) is 0 Å². The predicted octanol–water partition coefficient (Wildman–Crippen LogP) is 3.30. The van der Waals surface area contributed by atoms with E-state index in [2.05, 4.69) is 5.16 Å². The second kappa shape index (κ2) is 6.83. The van der Waals surface area contributed by atoms with Crippen molar-refractivity contribution in [3.05, 3.63) is 47.8 Å². The average molecular weight is 289 g/mol. The van der Waals surface area contributed by atoms with Crippen LogP contribution in [0.15, 0.2) is 41.6 Å². The fraction of sp³-hybridized carbons (Fsp3) is 0.250. The minimum Gasteiger partial charge on any atom is -0.461 e. The summed E-state index contributed by atoms with van der Waals surface area (Å²) in [4.78, 5) is 11.5. The molecule has 0 aromatic heterocycles. The number of hydrogen-bond acceptors (Lipinski definition) is 4. The molecule has 2 rings (SSSR count). The van der Waals surface area contributed by atoms with E-state index in [1.54, 1.807) is 13.0 Å². The lowest BCUT2D eigenvalue weighted by Crippen LogP contribution is -2.18. The van der Waals surface area contributed by atoms with E-state index in [1.165, 1.54) is 12.1 Å². The third-order valence-corrected chi connectivity index (χ3v) is 3.15. The monoisotopic (exact) mass is 289 g/mol. The molecule has 0 bridgehead atoms. The maximum absolute atomic E-state index is 13.1. The van der Waals surface area contributed by atoms with E-state index < -0.39 is 5.97 Å². The van der Waals surface area contributed by atoms with Crippen molar-refractivity contribution in [3.8, 4) is 0 Å². The van der Waals surface area contributed by atoms with Crippen LogP contribution in [0, 0.1) is 5.82 Å². The molecule has 0 atom stereocenters. The van der Waals surface area contributed by atoms with E-state index in [-0.39, 0.29) is 24.6 Å². The van der Waals surface area contributed by atoms with Gasteiger partial charge in [0.15, 0.2) is 5.71 Å². The van der Waals surface area contributed by atoms with Gasteiger partial charge in [0.2, 0.25) is 0 Å². The Morgan fingerprint density at radius 1 is 1.24 bits per heavy atom. The van der Waals surface area contributed by atoms with Crippen molar-refractivity contribution in [3.63, 3.8) is 0 Å². The number of fused-ring (bicyclic) bond motifs is 1. The number of carbonyl (C=O) groups excluding carboxylic acids is 1. The van der Waals surface area contributed by atoms with E-state index in [0.717, 1.165) is 16.3 Å². The molecule has 0 amide bonds. The molecule has 0 radical (unpaired) electrons. The van der Waals surface area contributed by atoms with Crippen LogP contribution in [-0.4, -0.2) is 23.5 Å². The second-order valence-electron chi connectivity index (χ2n) is 4.59. The van der Waals surface area contributed by atoms with Crippen LogP contribution in [0.1, 0.15) is 18.9 Å². The van der Waals surface area contributed by atoms with Crippen LogP contribution < -0.4 is 0 Å². The molecule has 5 heteroatoms. The predicted molar refractivity (Wildman–Crippen MR) is 78.1 cm³/mol. The largest absolute Gasteiger partial charge is 0.461 e. The lowest BCUT2D eigenvalue weighted by atomic mass is 10.0. The van der Waals surface area contributed by atoms with E-state index >= 15 is 0 Å². The fourth-order valence-electron chi connectivity index (χ4n) is 2.09. The van der Waals surface area contributed by atoms with Gasteiger partial charge < -0.3 is 9.94 Å². The molecule has 0 spiro atoms. The van der Waals surface area contributed by atoms with Crippen molar-refractivity contribution < 1.29 is 19.1 Å². The molecule has 110 valence electrons. The maximum atomic E-state index is 13.1. The van der Waals surface area contributed by atoms with Gasteiger partial charge in [-0.25, -0.2) is 9.18 Å². The zero-order valence-electron chi connectivity index (χ0n) is 11.7. The molecule has 0 saturated carbocycles. The summed E-state index contributed by atoms with van der Waals surface area (Å²) in [5.41, 5.74) is 0.968. The van der Waals surface area contributed by atoms with Gasteiger partial charge in [0, 0.05) is 6.42 Å². The third-order valence-electron chi connectivity index (χ3n) is 3.15. The number of ether oxygens (including phenoxy) is 1. The maximum Gasteiger partial charge on any atom is 0.356 e. The van der Waals surface area contributed by atoms with Gasteiger partial charge in [-0.1, -0.05) is 29.4 Å². The molecule has 0 fully saturated rings. The van der Waals surface area contributed by atoms with Gasteiger partial charge in [-0.3, -0.25) is 0 Å². The van der Waals surface area contributed by atoms with Gasteiger partial charge in [0.1, 0.15) is 5.82 Å². The Balaban J connectivity index is 2.09. The van der Waals surface area contributed by atoms with Crippen LogP contribution in [0.25, 0.3) is 10.8 Å². The first-order valence-electron chi connectivity index (χ1n) is 6.70. The normalized spacial score (nSPS) is 11.6. The Bertz CT molecular complexity index is 682. The Labute approximate surface area is 121 Å². The summed E-state index contributed by atoms with van der Waals surface area (Å²) in [6.45, 7) is 1.93. The first-order chi connectivity index (χ1) is 10.1. The molecule has 2 aromatic rings.